The molecular formula is C9H12O3. The fraction of sp³-hybridized carbons (Fsp3) is 0.333. The van der Waals surface area contributed by atoms with Crippen molar-refractivity contribution in [2.24, 2.45) is 0 Å². The Labute approximate surface area is 71.5 Å². The van der Waals surface area contributed by atoms with Crippen LogP contribution in [0.4, 0.5) is 0 Å². The molecule has 0 aliphatic heterocycles. The first-order valence-electron chi connectivity index (χ1n) is 3.85. The molecule has 0 bridgehead atoms. The quantitative estimate of drug-likeness (QED) is 0.552. The first-order valence-corrected chi connectivity index (χ1v) is 3.85. The Hall–Kier alpha value is -1.06. The Morgan fingerprint density at radius 3 is 2.75 bits per heavy atom. The highest BCUT2D eigenvalue weighted by molar-refractivity contribution is 5.32. The first-order chi connectivity index (χ1) is 5.88. The first kappa shape index (κ1) is 9.03. The maximum Gasteiger partial charge on any atom is 0.124 e. The van der Waals surface area contributed by atoms with Gasteiger partial charge in [-0.2, -0.15) is 0 Å². The van der Waals surface area contributed by atoms with Crippen LogP contribution in [0.1, 0.15) is 12.5 Å². The molecule has 3 heteroatoms. The summed E-state index contributed by atoms with van der Waals surface area (Å²) in [7, 11) is 0. The van der Waals surface area contributed by atoms with E-state index in [2.05, 4.69) is 4.89 Å². The Bertz CT molecular complexity index is 210. The van der Waals surface area contributed by atoms with Crippen molar-refractivity contribution in [1.29, 1.82) is 0 Å². The standard InChI is InChI=1S/C9H12O3/c1-2-11-9-6-4-3-5-8(9)7-12-10/h3-6,10H,2,7H2,1H3. The van der Waals surface area contributed by atoms with Gasteiger partial charge in [-0.1, -0.05) is 18.2 Å². The lowest BCUT2D eigenvalue weighted by Gasteiger charge is -2.07. The largest absolute Gasteiger partial charge is 0.494 e. The van der Waals surface area contributed by atoms with Gasteiger partial charge in [-0.25, -0.2) is 4.89 Å². The van der Waals surface area contributed by atoms with E-state index in [4.69, 9.17) is 9.99 Å². The van der Waals surface area contributed by atoms with Crippen molar-refractivity contribution in [3.05, 3.63) is 29.8 Å². The van der Waals surface area contributed by atoms with Gasteiger partial charge >= 0.3 is 0 Å². The van der Waals surface area contributed by atoms with E-state index in [1.807, 2.05) is 31.2 Å². The third kappa shape index (κ3) is 2.22. The van der Waals surface area contributed by atoms with Gasteiger partial charge in [0.1, 0.15) is 12.4 Å². The van der Waals surface area contributed by atoms with E-state index in [1.165, 1.54) is 0 Å². The average molecular weight is 168 g/mol. The molecule has 1 rings (SSSR count). The molecule has 0 unspecified atom stereocenters. The third-order valence-corrected chi connectivity index (χ3v) is 1.49. The van der Waals surface area contributed by atoms with Crippen molar-refractivity contribution < 1.29 is 14.9 Å². The molecule has 12 heavy (non-hydrogen) atoms. The van der Waals surface area contributed by atoms with Gasteiger partial charge in [0.05, 0.1) is 6.61 Å². The van der Waals surface area contributed by atoms with Gasteiger partial charge in [0, 0.05) is 5.56 Å². The van der Waals surface area contributed by atoms with Crippen molar-refractivity contribution in [2.45, 2.75) is 13.5 Å². The second kappa shape index (κ2) is 4.74. The van der Waals surface area contributed by atoms with Crippen LogP contribution in [0, 0.1) is 0 Å². The van der Waals surface area contributed by atoms with E-state index in [9.17, 15) is 0 Å². The normalized spacial score (nSPS) is 9.83. The second-order valence-electron chi connectivity index (χ2n) is 2.31. The SMILES string of the molecule is CCOc1ccccc1COO. The number of hydrogen-bond donors (Lipinski definition) is 1. The van der Waals surface area contributed by atoms with Gasteiger partial charge in [0.15, 0.2) is 0 Å². The van der Waals surface area contributed by atoms with Crippen molar-refractivity contribution >= 4 is 0 Å². The van der Waals surface area contributed by atoms with E-state index in [0.29, 0.717) is 6.61 Å². The second-order valence-corrected chi connectivity index (χ2v) is 2.31. The van der Waals surface area contributed by atoms with Crippen LogP contribution in [-0.2, 0) is 11.5 Å². The van der Waals surface area contributed by atoms with E-state index in [0.717, 1.165) is 11.3 Å². The summed E-state index contributed by atoms with van der Waals surface area (Å²) >= 11 is 0. The highest BCUT2D eigenvalue weighted by atomic mass is 17.1. The highest BCUT2D eigenvalue weighted by Gasteiger charge is 2.00. The van der Waals surface area contributed by atoms with Crippen LogP contribution < -0.4 is 4.74 Å². The van der Waals surface area contributed by atoms with Crippen LogP contribution in [0.25, 0.3) is 0 Å². The molecule has 0 saturated heterocycles. The molecule has 3 nitrogen and oxygen atoms in total. The van der Waals surface area contributed by atoms with Crippen molar-refractivity contribution in [3.63, 3.8) is 0 Å². The molecule has 0 heterocycles. The molecule has 0 radical (unpaired) electrons. The topological polar surface area (TPSA) is 38.7 Å². The molecule has 66 valence electrons. The summed E-state index contributed by atoms with van der Waals surface area (Å²) in [5.74, 6) is 0.758. The summed E-state index contributed by atoms with van der Waals surface area (Å²) in [6, 6.07) is 7.45. The number of hydrogen-bond acceptors (Lipinski definition) is 3. The Balaban J connectivity index is 2.77. The molecule has 1 N–H and O–H groups in total. The monoisotopic (exact) mass is 168 g/mol. The summed E-state index contributed by atoms with van der Waals surface area (Å²) in [6.45, 7) is 2.69. The minimum atomic E-state index is 0.163. The molecule has 0 atom stereocenters. The Morgan fingerprint density at radius 1 is 1.33 bits per heavy atom. The number of para-hydroxylation sites is 1. The van der Waals surface area contributed by atoms with Crippen molar-refractivity contribution in [1.82, 2.24) is 0 Å². The van der Waals surface area contributed by atoms with E-state index >= 15 is 0 Å². The van der Waals surface area contributed by atoms with Crippen LogP contribution in [0.5, 0.6) is 5.75 Å². The zero-order valence-corrected chi connectivity index (χ0v) is 6.99. The molecule has 0 aromatic heterocycles. The van der Waals surface area contributed by atoms with Gasteiger partial charge in [-0.05, 0) is 13.0 Å². The molecule has 0 aliphatic rings. The van der Waals surface area contributed by atoms with Gasteiger partial charge in [-0.3, -0.25) is 5.26 Å². The fourth-order valence-corrected chi connectivity index (χ4v) is 0.989. The molecule has 0 amide bonds. The van der Waals surface area contributed by atoms with Gasteiger partial charge in [0.25, 0.3) is 0 Å². The minimum Gasteiger partial charge on any atom is -0.494 e. The van der Waals surface area contributed by atoms with E-state index in [-0.39, 0.29) is 6.61 Å². The van der Waals surface area contributed by atoms with Crippen LogP contribution in [-0.4, -0.2) is 11.9 Å². The molecular weight excluding hydrogens is 156 g/mol. The molecule has 1 aromatic carbocycles. The smallest absolute Gasteiger partial charge is 0.124 e. The molecule has 0 spiro atoms. The Morgan fingerprint density at radius 2 is 2.08 bits per heavy atom. The molecule has 0 saturated carbocycles. The molecule has 0 fully saturated rings. The zero-order valence-electron chi connectivity index (χ0n) is 6.99. The van der Waals surface area contributed by atoms with Crippen LogP contribution >= 0.6 is 0 Å². The highest BCUT2D eigenvalue weighted by Crippen LogP contribution is 2.18. The maximum absolute atomic E-state index is 8.26. The lowest BCUT2D eigenvalue weighted by molar-refractivity contribution is -0.253. The predicted molar refractivity (Wildman–Crippen MR) is 45.0 cm³/mol. The van der Waals surface area contributed by atoms with Crippen LogP contribution in [0.3, 0.4) is 0 Å². The van der Waals surface area contributed by atoms with Crippen LogP contribution in [0.2, 0.25) is 0 Å². The van der Waals surface area contributed by atoms with Gasteiger partial charge in [-0.15, -0.1) is 0 Å². The number of benzene rings is 1. The Kier molecular flexibility index (Phi) is 3.57. The van der Waals surface area contributed by atoms with Gasteiger partial charge < -0.3 is 4.74 Å². The average Bonchev–Trinajstić information content (AvgIpc) is 2.09. The summed E-state index contributed by atoms with van der Waals surface area (Å²) in [5, 5.41) is 8.26. The number of rotatable bonds is 4. The van der Waals surface area contributed by atoms with E-state index < -0.39 is 0 Å². The van der Waals surface area contributed by atoms with Gasteiger partial charge in [0.2, 0.25) is 0 Å². The lowest BCUT2D eigenvalue weighted by atomic mass is 10.2. The lowest BCUT2D eigenvalue weighted by Crippen LogP contribution is -1.97. The summed E-state index contributed by atoms with van der Waals surface area (Å²) < 4.78 is 5.30. The van der Waals surface area contributed by atoms with Crippen LogP contribution in [0.15, 0.2) is 24.3 Å². The summed E-state index contributed by atoms with van der Waals surface area (Å²) in [4.78, 5) is 4.03. The summed E-state index contributed by atoms with van der Waals surface area (Å²) in [6.07, 6.45) is 0. The third-order valence-electron chi connectivity index (χ3n) is 1.49. The summed E-state index contributed by atoms with van der Waals surface area (Å²) in [5.41, 5.74) is 0.849. The molecule has 0 aliphatic carbocycles. The number of ether oxygens (including phenoxy) is 1. The fourth-order valence-electron chi connectivity index (χ4n) is 0.989. The van der Waals surface area contributed by atoms with Crippen molar-refractivity contribution in [2.75, 3.05) is 6.61 Å². The van der Waals surface area contributed by atoms with E-state index in [1.54, 1.807) is 0 Å². The zero-order chi connectivity index (χ0) is 8.81. The molecule has 1 aromatic rings. The minimum absolute atomic E-state index is 0.163. The van der Waals surface area contributed by atoms with Crippen molar-refractivity contribution in [3.8, 4) is 5.75 Å². The maximum atomic E-state index is 8.26. The predicted octanol–water partition coefficient (Wildman–Crippen LogP) is 2.07.